The SMILES string of the molecule is O=C(NCC1CN(C(=O)c2ccccc2)CCO1)C1CNC1. The molecular formula is C16H21N3O3. The van der Waals surface area contributed by atoms with Crippen LogP contribution in [-0.2, 0) is 9.53 Å². The molecule has 2 aliphatic rings. The molecule has 0 aromatic heterocycles. The van der Waals surface area contributed by atoms with Crippen LogP contribution in [-0.4, -0.2) is 62.1 Å². The van der Waals surface area contributed by atoms with E-state index < -0.39 is 0 Å². The van der Waals surface area contributed by atoms with Gasteiger partial charge in [-0.3, -0.25) is 9.59 Å². The number of carbonyl (C=O) groups excluding carboxylic acids is 2. The zero-order chi connectivity index (χ0) is 15.4. The number of hydrogen-bond acceptors (Lipinski definition) is 4. The van der Waals surface area contributed by atoms with Gasteiger partial charge in [0.05, 0.1) is 18.6 Å². The van der Waals surface area contributed by atoms with Gasteiger partial charge >= 0.3 is 0 Å². The van der Waals surface area contributed by atoms with E-state index in [0.717, 1.165) is 13.1 Å². The Morgan fingerprint density at radius 1 is 1.27 bits per heavy atom. The molecule has 6 heteroatoms. The Bertz CT molecular complexity index is 531. The number of nitrogens with one attached hydrogen (secondary N) is 2. The number of hydrogen-bond donors (Lipinski definition) is 2. The van der Waals surface area contributed by atoms with Gasteiger partial charge in [0.15, 0.2) is 0 Å². The van der Waals surface area contributed by atoms with Crippen LogP contribution in [0.5, 0.6) is 0 Å². The molecule has 3 rings (SSSR count). The largest absolute Gasteiger partial charge is 0.373 e. The van der Waals surface area contributed by atoms with E-state index in [4.69, 9.17) is 4.74 Å². The summed E-state index contributed by atoms with van der Waals surface area (Å²) in [6.45, 7) is 3.55. The van der Waals surface area contributed by atoms with Crippen LogP contribution < -0.4 is 10.6 Å². The smallest absolute Gasteiger partial charge is 0.254 e. The Morgan fingerprint density at radius 3 is 2.73 bits per heavy atom. The predicted octanol–water partition coefficient (Wildman–Crippen LogP) is -0.137. The summed E-state index contributed by atoms with van der Waals surface area (Å²) < 4.78 is 5.65. The van der Waals surface area contributed by atoms with E-state index in [1.165, 1.54) is 0 Å². The lowest BCUT2D eigenvalue weighted by Crippen LogP contribution is -2.54. The summed E-state index contributed by atoms with van der Waals surface area (Å²) in [7, 11) is 0. The number of amides is 2. The topological polar surface area (TPSA) is 70.7 Å². The summed E-state index contributed by atoms with van der Waals surface area (Å²) >= 11 is 0. The minimum absolute atomic E-state index is 0.0171. The molecule has 2 saturated heterocycles. The first-order valence-corrected chi connectivity index (χ1v) is 7.68. The van der Waals surface area contributed by atoms with E-state index in [2.05, 4.69) is 10.6 Å². The predicted molar refractivity (Wildman–Crippen MR) is 81.5 cm³/mol. The van der Waals surface area contributed by atoms with Crippen molar-refractivity contribution >= 4 is 11.8 Å². The maximum atomic E-state index is 12.4. The van der Waals surface area contributed by atoms with Crippen molar-refractivity contribution in [1.29, 1.82) is 0 Å². The van der Waals surface area contributed by atoms with Crippen molar-refractivity contribution in [3.05, 3.63) is 35.9 Å². The number of rotatable bonds is 4. The molecule has 1 aromatic carbocycles. The van der Waals surface area contributed by atoms with Gasteiger partial charge in [-0.05, 0) is 12.1 Å². The molecule has 1 unspecified atom stereocenters. The molecule has 2 amide bonds. The fraction of sp³-hybridized carbons (Fsp3) is 0.500. The van der Waals surface area contributed by atoms with Crippen molar-refractivity contribution in [2.75, 3.05) is 39.3 Å². The summed E-state index contributed by atoms with van der Waals surface area (Å²) in [6, 6.07) is 9.25. The Labute approximate surface area is 129 Å². The van der Waals surface area contributed by atoms with Crippen molar-refractivity contribution in [3.8, 4) is 0 Å². The molecule has 2 fully saturated rings. The zero-order valence-electron chi connectivity index (χ0n) is 12.5. The van der Waals surface area contributed by atoms with E-state index >= 15 is 0 Å². The standard InChI is InChI=1S/C16H21N3O3/c20-15(13-8-17-9-13)18-10-14-11-19(6-7-22-14)16(21)12-4-2-1-3-5-12/h1-5,13-14,17H,6-11H2,(H,18,20). The van der Waals surface area contributed by atoms with Gasteiger partial charge in [0.2, 0.25) is 5.91 Å². The minimum atomic E-state index is -0.140. The van der Waals surface area contributed by atoms with Crippen LogP contribution in [0.1, 0.15) is 10.4 Å². The van der Waals surface area contributed by atoms with Crippen LogP contribution in [0, 0.1) is 5.92 Å². The van der Waals surface area contributed by atoms with Crippen LogP contribution in [0.3, 0.4) is 0 Å². The second-order valence-corrected chi connectivity index (χ2v) is 5.71. The van der Waals surface area contributed by atoms with Crippen LogP contribution in [0.15, 0.2) is 30.3 Å². The van der Waals surface area contributed by atoms with Crippen molar-refractivity contribution in [2.45, 2.75) is 6.10 Å². The summed E-state index contributed by atoms with van der Waals surface area (Å²) in [5.74, 6) is 0.155. The number of nitrogens with zero attached hydrogens (tertiary/aromatic N) is 1. The van der Waals surface area contributed by atoms with Crippen LogP contribution in [0.25, 0.3) is 0 Å². The summed E-state index contributed by atoms with van der Waals surface area (Å²) in [4.78, 5) is 26.0. The van der Waals surface area contributed by atoms with Gasteiger partial charge in [-0.25, -0.2) is 0 Å². The maximum absolute atomic E-state index is 12.4. The molecule has 0 aliphatic carbocycles. The van der Waals surface area contributed by atoms with Gasteiger partial charge in [0, 0.05) is 38.3 Å². The third-order valence-corrected chi connectivity index (χ3v) is 4.10. The lowest BCUT2D eigenvalue weighted by molar-refractivity contribution is -0.127. The van der Waals surface area contributed by atoms with E-state index in [1.807, 2.05) is 30.3 Å². The van der Waals surface area contributed by atoms with Crippen LogP contribution in [0.4, 0.5) is 0 Å². The molecule has 0 bridgehead atoms. The fourth-order valence-electron chi connectivity index (χ4n) is 2.62. The molecule has 118 valence electrons. The first-order chi connectivity index (χ1) is 10.7. The molecule has 1 aromatic rings. The molecule has 1 atom stereocenters. The second kappa shape index (κ2) is 6.89. The average Bonchev–Trinajstić information content (AvgIpc) is 2.52. The normalized spacial score (nSPS) is 22.0. The van der Waals surface area contributed by atoms with E-state index in [1.54, 1.807) is 4.90 Å². The lowest BCUT2D eigenvalue weighted by atomic mass is 10.0. The first-order valence-electron chi connectivity index (χ1n) is 7.68. The molecule has 22 heavy (non-hydrogen) atoms. The number of ether oxygens (including phenoxy) is 1. The van der Waals surface area contributed by atoms with Crippen molar-refractivity contribution in [2.24, 2.45) is 5.92 Å². The summed E-state index contributed by atoms with van der Waals surface area (Å²) in [5.41, 5.74) is 0.688. The zero-order valence-corrected chi connectivity index (χ0v) is 12.5. The van der Waals surface area contributed by atoms with Crippen molar-refractivity contribution < 1.29 is 14.3 Å². The Hall–Kier alpha value is -1.92. The molecular weight excluding hydrogens is 282 g/mol. The van der Waals surface area contributed by atoms with E-state index in [9.17, 15) is 9.59 Å². The highest BCUT2D eigenvalue weighted by atomic mass is 16.5. The third kappa shape index (κ3) is 3.45. The third-order valence-electron chi connectivity index (χ3n) is 4.10. The van der Waals surface area contributed by atoms with Crippen LogP contribution >= 0.6 is 0 Å². The van der Waals surface area contributed by atoms with E-state index in [-0.39, 0.29) is 23.8 Å². The highest BCUT2D eigenvalue weighted by Gasteiger charge is 2.28. The number of benzene rings is 1. The molecule has 2 heterocycles. The van der Waals surface area contributed by atoms with Crippen LogP contribution in [0.2, 0.25) is 0 Å². The Kier molecular flexibility index (Phi) is 4.70. The molecule has 2 N–H and O–H groups in total. The molecule has 0 saturated carbocycles. The van der Waals surface area contributed by atoms with Gasteiger partial charge in [-0.15, -0.1) is 0 Å². The highest BCUT2D eigenvalue weighted by molar-refractivity contribution is 5.94. The summed E-state index contributed by atoms with van der Waals surface area (Å²) in [6.07, 6.45) is -0.140. The van der Waals surface area contributed by atoms with Crippen molar-refractivity contribution in [1.82, 2.24) is 15.5 Å². The van der Waals surface area contributed by atoms with Gasteiger partial charge < -0.3 is 20.3 Å². The van der Waals surface area contributed by atoms with Gasteiger partial charge in [-0.2, -0.15) is 0 Å². The van der Waals surface area contributed by atoms with Gasteiger partial charge in [0.1, 0.15) is 0 Å². The minimum Gasteiger partial charge on any atom is -0.373 e. The number of carbonyl (C=O) groups is 2. The first kappa shape index (κ1) is 15.0. The summed E-state index contributed by atoms with van der Waals surface area (Å²) in [5, 5.41) is 5.99. The lowest BCUT2D eigenvalue weighted by Gasteiger charge is -2.34. The molecule has 0 radical (unpaired) electrons. The molecule has 2 aliphatic heterocycles. The monoisotopic (exact) mass is 303 g/mol. The quantitative estimate of drug-likeness (QED) is 0.812. The van der Waals surface area contributed by atoms with Gasteiger partial charge in [-0.1, -0.05) is 18.2 Å². The Balaban J connectivity index is 1.50. The fourth-order valence-corrected chi connectivity index (χ4v) is 2.62. The second-order valence-electron chi connectivity index (χ2n) is 5.71. The molecule has 0 spiro atoms. The maximum Gasteiger partial charge on any atom is 0.254 e. The highest BCUT2D eigenvalue weighted by Crippen LogP contribution is 2.11. The average molecular weight is 303 g/mol. The Morgan fingerprint density at radius 2 is 2.05 bits per heavy atom. The van der Waals surface area contributed by atoms with E-state index in [0.29, 0.717) is 31.8 Å². The number of morpholine rings is 1. The molecule has 6 nitrogen and oxygen atoms in total. The van der Waals surface area contributed by atoms with Crippen molar-refractivity contribution in [3.63, 3.8) is 0 Å². The van der Waals surface area contributed by atoms with Gasteiger partial charge in [0.25, 0.3) is 5.91 Å².